The first-order valence-corrected chi connectivity index (χ1v) is 43.6. The molecule has 0 amide bonds. The molecule has 4 aliphatic rings. The lowest BCUT2D eigenvalue weighted by Gasteiger charge is -2.46. The summed E-state index contributed by atoms with van der Waals surface area (Å²) in [5, 5.41) is 0. The summed E-state index contributed by atoms with van der Waals surface area (Å²) in [6.45, 7) is 70.8. The molecule has 586 valence electrons. The molecular weight excluding hydrogens is 1410 g/mol. The standard InChI is InChI=1S/C106H124B2N4S2/c1-97(2,3)65-31-43-73(44-32-65)109(74-45-33-66(34-46-74)98(4,5)6)79-59-87-95-91(61-79)113-89-64-90-84(63-83(89)107(95)93-81(105(25,26)27)55-71(103(19,20)21)57-85(93)111(87)77-51-39-69(40-52-77)101(13,14)15)108-94-82(106(28,29)30)56-72(104(22,23)24)58-86(94)112(78-53-41-70(42-54-78)102(16,17)18)88-60-80(62-92(114-90)96(88)108)110(75-47-35-67(36-48-75)99(7,8)9)76-49-37-68(38-50-76)100(10,11)12/h31-64H,1-30H3. The molecule has 4 heterocycles. The molecule has 15 rings (SSSR count). The van der Waals surface area contributed by atoms with Crippen molar-refractivity contribution in [1.82, 2.24) is 0 Å². The Bertz CT molecular complexity index is 5100. The zero-order chi connectivity index (χ0) is 82.4. The largest absolute Gasteiger partial charge is 0.311 e. The summed E-state index contributed by atoms with van der Waals surface area (Å²) in [4.78, 5) is 15.6. The molecule has 4 aliphatic heterocycles. The smallest absolute Gasteiger partial charge is 0.249 e. The predicted molar refractivity (Wildman–Crippen MR) is 503 cm³/mol. The van der Waals surface area contributed by atoms with E-state index in [1.807, 2.05) is 23.5 Å². The first-order chi connectivity index (χ1) is 52.8. The van der Waals surface area contributed by atoms with Crippen molar-refractivity contribution < 1.29 is 0 Å². The van der Waals surface area contributed by atoms with Gasteiger partial charge in [-0.25, -0.2) is 0 Å². The summed E-state index contributed by atoms with van der Waals surface area (Å²) >= 11 is 3.97. The summed E-state index contributed by atoms with van der Waals surface area (Å²) in [7, 11) is 0. The van der Waals surface area contributed by atoms with E-state index in [1.165, 1.54) is 131 Å². The van der Waals surface area contributed by atoms with E-state index < -0.39 is 0 Å². The summed E-state index contributed by atoms with van der Waals surface area (Å²) in [5.41, 5.74) is 34.6. The Morgan fingerprint density at radius 1 is 0.211 bits per heavy atom. The van der Waals surface area contributed by atoms with Gasteiger partial charge in [0, 0.05) is 87.8 Å². The van der Waals surface area contributed by atoms with E-state index in [9.17, 15) is 0 Å². The highest BCUT2D eigenvalue weighted by Gasteiger charge is 2.50. The van der Waals surface area contributed by atoms with Crippen LogP contribution in [0, 0.1) is 0 Å². The molecule has 114 heavy (non-hydrogen) atoms. The first-order valence-electron chi connectivity index (χ1n) is 41.9. The molecule has 11 aromatic rings. The number of hydrogen-bond acceptors (Lipinski definition) is 6. The number of anilines is 12. The van der Waals surface area contributed by atoms with E-state index in [1.54, 1.807) is 0 Å². The molecule has 0 bridgehead atoms. The van der Waals surface area contributed by atoms with Crippen molar-refractivity contribution >= 4 is 138 Å². The summed E-state index contributed by atoms with van der Waals surface area (Å²) in [6.07, 6.45) is 0. The Morgan fingerprint density at radius 3 is 0.684 bits per heavy atom. The predicted octanol–water partition coefficient (Wildman–Crippen LogP) is 27.1. The van der Waals surface area contributed by atoms with Gasteiger partial charge in [-0.3, -0.25) is 0 Å². The lowest BCUT2D eigenvalue weighted by atomic mass is 9.30. The van der Waals surface area contributed by atoms with E-state index in [0.717, 1.165) is 45.5 Å². The van der Waals surface area contributed by atoms with Gasteiger partial charge in [0.1, 0.15) is 0 Å². The average Bonchev–Trinajstić information content (AvgIpc) is 0.686. The fourth-order valence-corrected chi connectivity index (χ4v) is 20.2. The molecular formula is C106H124B2N4S2. The van der Waals surface area contributed by atoms with Crippen LogP contribution in [0.2, 0.25) is 0 Å². The summed E-state index contributed by atoms with van der Waals surface area (Å²) < 4.78 is 0. The number of rotatable bonds is 8. The first kappa shape index (κ1) is 80.6. The van der Waals surface area contributed by atoms with Gasteiger partial charge in [-0.1, -0.05) is 333 Å². The molecule has 11 aromatic carbocycles. The van der Waals surface area contributed by atoms with E-state index in [-0.39, 0.29) is 67.6 Å². The van der Waals surface area contributed by atoms with Crippen LogP contribution < -0.4 is 52.4 Å². The molecule has 0 saturated carbocycles. The maximum atomic E-state index is 2.77. The second-order valence-corrected chi connectivity index (χ2v) is 46.0. The lowest BCUT2D eigenvalue weighted by Crippen LogP contribution is -2.65. The highest BCUT2D eigenvalue weighted by atomic mass is 32.2. The van der Waals surface area contributed by atoms with Crippen molar-refractivity contribution in [3.05, 3.63) is 262 Å². The summed E-state index contributed by atoms with van der Waals surface area (Å²) in [6, 6.07) is 83.1. The second kappa shape index (κ2) is 27.5. The van der Waals surface area contributed by atoms with Crippen LogP contribution in [0.15, 0.2) is 226 Å². The van der Waals surface area contributed by atoms with Crippen LogP contribution in [0.3, 0.4) is 0 Å². The van der Waals surface area contributed by atoms with Crippen molar-refractivity contribution in [3.63, 3.8) is 0 Å². The number of benzene rings is 11. The fraction of sp³-hybridized carbons (Fsp3) is 0.377. The van der Waals surface area contributed by atoms with Crippen LogP contribution in [0.5, 0.6) is 0 Å². The zero-order valence-corrected chi connectivity index (χ0v) is 76.0. The van der Waals surface area contributed by atoms with Crippen molar-refractivity contribution in [2.75, 3.05) is 19.6 Å². The van der Waals surface area contributed by atoms with Gasteiger partial charge >= 0.3 is 0 Å². The van der Waals surface area contributed by atoms with Crippen LogP contribution in [0.25, 0.3) is 0 Å². The Balaban J connectivity index is 1.06. The van der Waals surface area contributed by atoms with E-state index in [4.69, 9.17) is 0 Å². The van der Waals surface area contributed by atoms with Gasteiger partial charge in [-0.05, 0) is 247 Å². The monoisotopic (exact) mass is 1540 g/mol. The average molecular weight is 1540 g/mol. The van der Waals surface area contributed by atoms with E-state index in [2.05, 4.69) is 434 Å². The molecule has 0 aromatic heterocycles. The van der Waals surface area contributed by atoms with Gasteiger partial charge in [-0.15, -0.1) is 0 Å². The quantitative estimate of drug-likeness (QED) is 0.140. The Hall–Kier alpha value is -8.55. The molecule has 0 radical (unpaired) electrons. The van der Waals surface area contributed by atoms with Crippen LogP contribution >= 0.6 is 23.5 Å². The topological polar surface area (TPSA) is 13.0 Å². The van der Waals surface area contributed by atoms with Crippen molar-refractivity contribution in [3.8, 4) is 0 Å². The maximum absolute atomic E-state index is 2.77. The Morgan fingerprint density at radius 2 is 0.447 bits per heavy atom. The number of hydrogen-bond donors (Lipinski definition) is 0. The van der Waals surface area contributed by atoms with Crippen molar-refractivity contribution in [2.24, 2.45) is 0 Å². The minimum absolute atomic E-state index is 0.0202. The SMILES string of the molecule is CC(C)(C)c1ccc(N(c2ccc(C(C)(C)C)cc2)c2cc3c4c(c2)N(c2ccc(C(C)(C)C)cc2)c2cc(C(C)(C)C)cc(C(C)(C)C)c2B4c2cc4c(cc2S3)Sc2cc(N(c3ccc(C(C)(C)C)cc3)c3ccc(C(C)(C)C)cc3)cc3c2B4c2c(cc(C(C)(C)C)cc2C(C)(C)C)N3c2ccc(C(C)(C)C)cc2)cc1. The van der Waals surface area contributed by atoms with Gasteiger partial charge in [0.25, 0.3) is 0 Å². The zero-order valence-electron chi connectivity index (χ0n) is 74.4. The van der Waals surface area contributed by atoms with Crippen LogP contribution in [-0.2, 0) is 54.1 Å². The Labute approximate surface area is 696 Å². The van der Waals surface area contributed by atoms with Gasteiger partial charge in [0.15, 0.2) is 0 Å². The maximum Gasteiger partial charge on any atom is 0.249 e. The second-order valence-electron chi connectivity index (χ2n) is 43.8. The molecule has 0 saturated heterocycles. The highest BCUT2D eigenvalue weighted by molar-refractivity contribution is 8.01. The molecule has 4 nitrogen and oxygen atoms in total. The van der Waals surface area contributed by atoms with E-state index in [0.29, 0.717) is 0 Å². The van der Waals surface area contributed by atoms with Crippen LogP contribution in [0.4, 0.5) is 68.2 Å². The minimum atomic E-state index is -0.249. The van der Waals surface area contributed by atoms with Crippen LogP contribution in [0.1, 0.15) is 263 Å². The third-order valence-corrected chi connectivity index (χ3v) is 26.9. The minimum Gasteiger partial charge on any atom is -0.311 e. The molecule has 8 heteroatoms. The fourth-order valence-electron chi connectivity index (χ4n) is 17.7. The van der Waals surface area contributed by atoms with Crippen molar-refractivity contribution in [1.29, 1.82) is 0 Å². The highest BCUT2D eigenvalue weighted by Crippen LogP contribution is 2.54. The number of fused-ring (bicyclic) bond motifs is 8. The Kier molecular flexibility index (Phi) is 19.5. The molecule has 0 aliphatic carbocycles. The van der Waals surface area contributed by atoms with Gasteiger partial charge < -0.3 is 19.6 Å². The van der Waals surface area contributed by atoms with Gasteiger partial charge in [0.2, 0.25) is 13.4 Å². The van der Waals surface area contributed by atoms with Crippen molar-refractivity contribution in [2.45, 2.75) is 281 Å². The molecule has 0 fully saturated rings. The van der Waals surface area contributed by atoms with Crippen LogP contribution in [-0.4, -0.2) is 13.4 Å². The normalized spacial score (nSPS) is 14.4. The number of nitrogens with zero attached hydrogens (tertiary/aromatic N) is 4. The van der Waals surface area contributed by atoms with Gasteiger partial charge in [0.05, 0.1) is 0 Å². The summed E-state index contributed by atoms with van der Waals surface area (Å²) in [5.74, 6) is 0. The molecule has 0 atom stereocenters. The lowest BCUT2D eigenvalue weighted by molar-refractivity contribution is 0.570. The molecule has 0 N–H and O–H groups in total. The molecule has 0 unspecified atom stereocenters. The third kappa shape index (κ3) is 14.7. The van der Waals surface area contributed by atoms with Gasteiger partial charge in [-0.2, -0.15) is 0 Å². The van der Waals surface area contributed by atoms with E-state index >= 15 is 0 Å². The molecule has 0 spiro atoms. The third-order valence-electron chi connectivity index (χ3n) is 24.7.